The van der Waals surface area contributed by atoms with E-state index >= 15 is 0 Å². The zero-order valence-corrected chi connectivity index (χ0v) is 21.6. The summed E-state index contributed by atoms with van der Waals surface area (Å²) in [4.78, 5) is 13.8. The lowest BCUT2D eigenvalue weighted by Crippen LogP contribution is -2.53. The average molecular weight is 513 g/mol. The van der Waals surface area contributed by atoms with Gasteiger partial charge in [0.1, 0.15) is 0 Å². The second-order valence-corrected chi connectivity index (χ2v) is 10.9. The van der Waals surface area contributed by atoms with Crippen LogP contribution in [-0.2, 0) is 17.7 Å². The number of methoxy groups -OCH3 is 1. The van der Waals surface area contributed by atoms with Crippen molar-refractivity contribution < 1.29 is 22.7 Å². The molecule has 2 heterocycles. The molecule has 1 saturated carbocycles. The number of hydrogen-bond acceptors (Lipinski definition) is 3. The van der Waals surface area contributed by atoms with Crippen LogP contribution in [-0.4, -0.2) is 48.4 Å². The minimum atomic E-state index is -4.10. The van der Waals surface area contributed by atoms with E-state index in [0.29, 0.717) is 17.9 Å². The van der Waals surface area contributed by atoms with Gasteiger partial charge in [-0.25, -0.2) is 4.79 Å². The molecule has 2 aliphatic rings. The maximum atomic E-state index is 13.6. The summed E-state index contributed by atoms with van der Waals surface area (Å²) in [6, 6.07) is 16.0. The van der Waals surface area contributed by atoms with E-state index in [9.17, 15) is 18.0 Å². The van der Waals surface area contributed by atoms with E-state index in [4.69, 9.17) is 4.74 Å². The van der Waals surface area contributed by atoms with E-state index in [1.165, 1.54) is 29.3 Å². The highest BCUT2D eigenvalue weighted by Gasteiger charge is 2.58. The molecule has 0 radical (unpaired) electrons. The third-order valence-corrected chi connectivity index (χ3v) is 8.70. The monoisotopic (exact) mass is 512 g/mol. The zero-order valence-electron chi connectivity index (χ0n) is 21.6. The van der Waals surface area contributed by atoms with Crippen molar-refractivity contribution in [2.45, 2.75) is 58.2 Å². The molecule has 1 aromatic heterocycles. The molecular formula is C30H35F3N2O2. The van der Waals surface area contributed by atoms with Crippen molar-refractivity contribution in [3.8, 4) is 0 Å². The molecule has 1 aliphatic carbocycles. The van der Waals surface area contributed by atoms with Gasteiger partial charge in [-0.15, -0.1) is 0 Å². The molecule has 0 N–H and O–H groups in total. The SMILES string of the molecule is COC(=O)c1ccc(Cc2c(C)n(CC3CCN(CC4(C(F)(F)F)CCC4)CC3)c3ccccc23)cc1. The summed E-state index contributed by atoms with van der Waals surface area (Å²) < 4.78 is 48.1. The highest BCUT2D eigenvalue weighted by atomic mass is 19.4. The first-order chi connectivity index (χ1) is 17.7. The number of hydrogen-bond donors (Lipinski definition) is 0. The first-order valence-corrected chi connectivity index (χ1v) is 13.2. The fourth-order valence-electron chi connectivity index (χ4n) is 6.19. The lowest BCUT2D eigenvalue weighted by atomic mass is 9.67. The summed E-state index contributed by atoms with van der Waals surface area (Å²) in [5.41, 5.74) is 3.89. The van der Waals surface area contributed by atoms with Gasteiger partial charge in [-0.05, 0) is 87.4 Å². The number of likely N-dealkylation sites (tertiary alicyclic amines) is 1. The van der Waals surface area contributed by atoms with Gasteiger partial charge in [0.25, 0.3) is 0 Å². The summed E-state index contributed by atoms with van der Waals surface area (Å²) in [6.45, 7) is 4.68. The Bertz CT molecular complexity index is 1250. The van der Waals surface area contributed by atoms with Crippen molar-refractivity contribution in [2.24, 2.45) is 11.3 Å². The summed E-state index contributed by atoms with van der Waals surface area (Å²) in [5, 5.41) is 1.23. The first-order valence-electron chi connectivity index (χ1n) is 13.2. The highest BCUT2D eigenvalue weighted by molar-refractivity contribution is 5.89. The van der Waals surface area contributed by atoms with Crippen molar-refractivity contribution in [1.29, 1.82) is 0 Å². The molecule has 0 unspecified atom stereocenters. The molecule has 37 heavy (non-hydrogen) atoms. The predicted octanol–water partition coefficient (Wildman–Crippen LogP) is 6.77. The van der Waals surface area contributed by atoms with Gasteiger partial charge in [0.15, 0.2) is 0 Å². The van der Waals surface area contributed by atoms with Crippen molar-refractivity contribution in [3.63, 3.8) is 0 Å². The molecule has 0 amide bonds. The number of nitrogens with zero attached hydrogens (tertiary/aromatic N) is 2. The van der Waals surface area contributed by atoms with Crippen LogP contribution >= 0.6 is 0 Å². The fourth-order valence-corrected chi connectivity index (χ4v) is 6.19. The van der Waals surface area contributed by atoms with Crippen molar-refractivity contribution in [2.75, 3.05) is 26.7 Å². The summed E-state index contributed by atoms with van der Waals surface area (Å²) in [6.07, 6.45) is -0.251. The van der Waals surface area contributed by atoms with E-state index in [-0.39, 0.29) is 25.4 Å². The van der Waals surface area contributed by atoms with Gasteiger partial charge in [0.05, 0.1) is 18.1 Å². The molecular weight excluding hydrogens is 477 g/mol. The smallest absolute Gasteiger partial charge is 0.395 e. The number of rotatable bonds is 7. The Kier molecular flexibility index (Phi) is 7.10. The number of esters is 1. The molecule has 2 fully saturated rings. The summed E-state index contributed by atoms with van der Waals surface area (Å²) >= 11 is 0. The molecule has 1 saturated heterocycles. The Morgan fingerprint density at radius 3 is 2.32 bits per heavy atom. The minimum absolute atomic E-state index is 0.160. The van der Waals surface area contributed by atoms with Crippen LogP contribution in [0.2, 0.25) is 0 Å². The largest absolute Gasteiger partial charge is 0.465 e. The van der Waals surface area contributed by atoms with Gasteiger partial charge < -0.3 is 14.2 Å². The number of halogens is 3. The number of fused-ring (bicyclic) bond motifs is 1. The van der Waals surface area contributed by atoms with Crippen LogP contribution in [0, 0.1) is 18.3 Å². The van der Waals surface area contributed by atoms with Crippen LogP contribution in [0.5, 0.6) is 0 Å². The topological polar surface area (TPSA) is 34.5 Å². The number of benzene rings is 2. The molecule has 0 spiro atoms. The van der Waals surface area contributed by atoms with Crippen molar-refractivity contribution >= 4 is 16.9 Å². The number of piperidine rings is 1. The van der Waals surface area contributed by atoms with Crippen LogP contribution < -0.4 is 0 Å². The average Bonchev–Trinajstić information content (AvgIpc) is 3.12. The lowest BCUT2D eigenvalue weighted by molar-refractivity contribution is -0.256. The standard InChI is InChI=1S/C30H35F3N2O2/c1-21-26(18-22-8-10-24(11-9-22)28(36)37-2)25-6-3-4-7-27(25)35(21)19-23-12-16-34(17-13-23)20-29(14-5-15-29)30(31,32)33/h3-4,6-11,23H,5,12-20H2,1-2H3. The van der Waals surface area contributed by atoms with Gasteiger partial charge in [-0.2, -0.15) is 13.2 Å². The predicted molar refractivity (Wildman–Crippen MR) is 139 cm³/mol. The molecule has 0 bridgehead atoms. The van der Waals surface area contributed by atoms with E-state index in [2.05, 4.69) is 35.8 Å². The van der Waals surface area contributed by atoms with Crippen LogP contribution in [0.4, 0.5) is 13.2 Å². The maximum Gasteiger partial charge on any atom is 0.395 e. The quantitative estimate of drug-likeness (QED) is 0.328. The lowest BCUT2D eigenvalue weighted by Gasteiger charge is -2.47. The second-order valence-electron chi connectivity index (χ2n) is 10.9. The number of carbonyl (C=O) groups excluding carboxylic acids is 1. The van der Waals surface area contributed by atoms with Crippen LogP contribution in [0.15, 0.2) is 48.5 Å². The van der Waals surface area contributed by atoms with E-state index in [0.717, 1.165) is 44.5 Å². The summed E-state index contributed by atoms with van der Waals surface area (Å²) in [7, 11) is 1.38. The Balaban J connectivity index is 1.29. The normalized spacial score (nSPS) is 18.6. The highest BCUT2D eigenvalue weighted by Crippen LogP contribution is 2.53. The zero-order chi connectivity index (χ0) is 26.2. The van der Waals surface area contributed by atoms with Crippen LogP contribution in [0.3, 0.4) is 0 Å². The van der Waals surface area contributed by atoms with E-state index in [1.807, 2.05) is 17.0 Å². The Morgan fingerprint density at radius 2 is 1.73 bits per heavy atom. The third-order valence-electron chi connectivity index (χ3n) is 8.70. The number of ether oxygens (including phenoxy) is 1. The van der Waals surface area contributed by atoms with Crippen LogP contribution in [0.25, 0.3) is 10.9 Å². The molecule has 0 atom stereocenters. The number of carbonyl (C=O) groups is 1. The number of alkyl halides is 3. The van der Waals surface area contributed by atoms with Gasteiger partial charge >= 0.3 is 12.1 Å². The molecule has 5 rings (SSSR count). The second kappa shape index (κ2) is 10.2. The van der Waals surface area contributed by atoms with Gasteiger partial charge in [-0.3, -0.25) is 0 Å². The van der Waals surface area contributed by atoms with Gasteiger partial charge in [0.2, 0.25) is 0 Å². The first kappa shape index (κ1) is 25.8. The van der Waals surface area contributed by atoms with Crippen molar-refractivity contribution in [1.82, 2.24) is 9.47 Å². The van der Waals surface area contributed by atoms with E-state index in [1.54, 1.807) is 12.1 Å². The van der Waals surface area contributed by atoms with E-state index < -0.39 is 11.6 Å². The molecule has 7 heteroatoms. The Labute approximate surface area is 216 Å². The molecule has 1 aliphatic heterocycles. The molecule has 4 nitrogen and oxygen atoms in total. The van der Waals surface area contributed by atoms with Gasteiger partial charge in [0, 0.05) is 29.7 Å². The van der Waals surface area contributed by atoms with Crippen LogP contribution in [0.1, 0.15) is 59.3 Å². The fraction of sp³-hybridized carbons (Fsp3) is 0.500. The molecule has 3 aromatic rings. The Morgan fingerprint density at radius 1 is 1.05 bits per heavy atom. The minimum Gasteiger partial charge on any atom is -0.465 e. The Hall–Kier alpha value is -2.80. The molecule has 198 valence electrons. The van der Waals surface area contributed by atoms with Gasteiger partial charge in [-0.1, -0.05) is 36.8 Å². The molecule has 2 aromatic carbocycles. The van der Waals surface area contributed by atoms with Crippen molar-refractivity contribution in [3.05, 3.63) is 70.9 Å². The number of aromatic nitrogens is 1. The number of para-hydroxylation sites is 1. The maximum absolute atomic E-state index is 13.6. The summed E-state index contributed by atoms with van der Waals surface area (Å²) in [5.74, 6) is 0.104. The third kappa shape index (κ3) is 5.02.